The third-order valence-corrected chi connectivity index (χ3v) is 5.20. The maximum Gasteiger partial charge on any atom is 0.189 e. The van der Waals surface area contributed by atoms with E-state index in [2.05, 4.69) is 25.3 Å². The zero-order chi connectivity index (χ0) is 16.5. The summed E-state index contributed by atoms with van der Waals surface area (Å²) in [6.45, 7) is 4.66. The molecule has 4 rings (SSSR count). The van der Waals surface area contributed by atoms with Crippen LogP contribution in [0.4, 0.5) is 0 Å². The molecule has 0 amide bonds. The molecule has 0 unspecified atom stereocenters. The molecular formula is C16H20ClN5OS. The highest BCUT2D eigenvalue weighted by Gasteiger charge is 2.31. The van der Waals surface area contributed by atoms with E-state index in [4.69, 9.17) is 28.6 Å². The third kappa shape index (κ3) is 3.48. The highest BCUT2D eigenvalue weighted by Crippen LogP contribution is 2.27. The second-order valence-electron chi connectivity index (χ2n) is 6.33. The number of nitrogens with one attached hydrogen (secondary N) is 1. The van der Waals surface area contributed by atoms with Crippen LogP contribution in [0.2, 0.25) is 5.02 Å². The molecule has 2 aliphatic heterocycles. The number of nitrogens with zero attached hydrogens (tertiary/aromatic N) is 4. The Morgan fingerprint density at radius 3 is 2.88 bits per heavy atom. The van der Waals surface area contributed by atoms with Crippen molar-refractivity contribution < 1.29 is 4.74 Å². The van der Waals surface area contributed by atoms with Crippen molar-refractivity contribution in [2.75, 3.05) is 32.8 Å². The van der Waals surface area contributed by atoms with Crippen molar-refractivity contribution in [1.82, 2.24) is 20.2 Å². The maximum atomic E-state index is 5.96. The standard InChI is InChI=1S/C16H20ClN5OS/c17-11-9-14-15(18-10-11)13(3-8-23-14)19-20-16(24)22-6-4-21(5-7-22)12-1-2-12/h9-10,12H,1-8H2,(H,20,24)/b19-13-. The molecular weight excluding hydrogens is 346 g/mol. The largest absolute Gasteiger partial charge is 0.491 e. The second kappa shape index (κ2) is 6.82. The number of pyridine rings is 1. The van der Waals surface area contributed by atoms with Crippen LogP contribution in [-0.4, -0.2) is 64.4 Å². The van der Waals surface area contributed by atoms with E-state index in [0.29, 0.717) is 28.9 Å². The molecule has 0 bridgehead atoms. The molecule has 1 aromatic rings. The monoisotopic (exact) mass is 365 g/mol. The van der Waals surface area contributed by atoms with Crippen LogP contribution in [0, 0.1) is 0 Å². The van der Waals surface area contributed by atoms with Gasteiger partial charge in [-0.05, 0) is 25.1 Å². The number of fused-ring (bicyclic) bond motifs is 1. The van der Waals surface area contributed by atoms with E-state index in [0.717, 1.165) is 43.6 Å². The van der Waals surface area contributed by atoms with Gasteiger partial charge in [-0.15, -0.1) is 0 Å². The molecule has 0 atom stereocenters. The molecule has 3 heterocycles. The lowest BCUT2D eigenvalue weighted by Crippen LogP contribution is -2.51. The van der Waals surface area contributed by atoms with Crippen molar-refractivity contribution in [1.29, 1.82) is 0 Å². The molecule has 1 N–H and O–H groups in total. The molecule has 0 spiro atoms. The summed E-state index contributed by atoms with van der Waals surface area (Å²) in [5.74, 6) is 0.679. The molecule has 0 aromatic carbocycles. The lowest BCUT2D eigenvalue weighted by molar-refractivity contribution is 0.173. The lowest BCUT2D eigenvalue weighted by Gasteiger charge is -2.35. The summed E-state index contributed by atoms with van der Waals surface area (Å²) in [5, 5.41) is 5.72. The minimum absolute atomic E-state index is 0.562. The van der Waals surface area contributed by atoms with Crippen molar-refractivity contribution >= 4 is 34.6 Å². The zero-order valence-electron chi connectivity index (χ0n) is 13.4. The van der Waals surface area contributed by atoms with Gasteiger partial charge in [-0.1, -0.05) is 11.6 Å². The van der Waals surface area contributed by atoms with Crippen LogP contribution in [0.25, 0.3) is 0 Å². The molecule has 1 aliphatic carbocycles. The van der Waals surface area contributed by atoms with Gasteiger partial charge in [-0.2, -0.15) is 5.10 Å². The van der Waals surface area contributed by atoms with Crippen LogP contribution in [-0.2, 0) is 0 Å². The van der Waals surface area contributed by atoms with Gasteiger partial charge in [-0.25, -0.2) is 4.98 Å². The average molecular weight is 366 g/mol. The predicted molar refractivity (Wildman–Crippen MR) is 97.8 cm³/mol. The number of piperazine rings is 1. The van der Waals surface area contributed by atoms with Gasteiger partial charge in [0.1, 0.15) is 11.4 Å². The number of halogens is 1. The van der Waals surface area contributed by atoms with E-state index in [1.807, 2.05) is 0 Å². The van der Waals surface area contributed by atoms with E-state index in [9.17, 15) is 0 Å². The first-order valence-electron chi connectivity index (χ1n) is 8.35. The Labute approximate surface area is 151 Å². The first-order valence-corrected chi connectivity index (χ1v) is 9.13. The third-order valence-electron chi connectivity index (χ3n) is 4.64. The minimum Gasteiger partial charge on any atom is -0.491 e. The van der Waals surface area contributed by atoms with Crippen molar-refractivity contribution in [3.63, 3.8) is 0 Å². The topological polar surface area (TPSA) is 53.0 Å². The lowest BCUT2D eigenvalue weighted by atomic mass is 10.1. The SMILES string of the molecule is S=C(N/N=C1/CCOc2cc(Cl)cnc21)N1CCN(C2CC2)CC1. The smallest absolute Gasteiger partial charge is 0.189 e. The summed E-state index contributed by atoms with van der Waals surface area (Å²) in [6, 6.07) is 2.60. The Morgan fingerprint density at radius 2 is 2.12 bits per heavy atom. The zero-order valence-corrected chi connectivity index (χ0v) is 14.9. The van der Waals surface area contributed by atoms with E-state index >= 15 is 0 Å². The molecule has 24 heavy (non-hydrogen) atoms. The molecule has 1 saturated carbocycles. The molecule has 1 aromatic heterocycles. The van der Waals surface area contributed by atoms with Crippen molar-refractivity contribution in [3.05, 3.63) is 23.0 Å². The van der Waals surface area contributed by atoms with Gasteiger partial charge in [0, 0.05) is 50.9 Å². The van der Waals surface area contributed by atoms with Crippen molar-refractivity contribution in [2.24, 2.45) is 5.10 Å². The number of aromatic nitrogens is 1. The first-order chi connectivity index (χ1) is 11.7. The Balaban J connectivity index is 1.38. The van der Waals surface area contributed by atoms with Gasteiger partial charge < -0.3 is 9.64 Å². The summed E-state index contributed by atoms with van der Waals surface area (Å²) in [6.07, 6.45) is 5.02. The number of hydrogen-bond acceptors (Lipinski definition) is 5. The summed E-state index contributed by atoms with van der Waals surface area (Å²) in [4.78, 5) is 9.09. The molecule has 3 aliphatic rings. The van der Waals surface area contributed by atoms with Gasteiger partial charge in [0.15, 0.2) is 5.11 Å². The molecule has 2 fully saturated rings. The fraction of sp³-hybridized carbons (Fsp3) is 0.562. The quantitative estimate of drug-likeness (QED) is 0.638. The summed E-state index contributed by atoms with van der Waals surface area (Å²) in [5.41, 5.74) is 4.62. The van der Waals surface area contributed by atoms with Crippen LogP contribution in [0.5, 0.6) is 5.75 Å². The molecule has 6 nitrogen and oxygen atoms in total. The highest BCUT2D eigenvalue weighted by molar-refractivity contribution is 7.80. The molecule has 1 saturated heterocycles. The summed E-state index contributed by atoms with van der Waals surface area (Å²) < 4.78 is 5.59. The fourth-order valence-corrected chi connectivity index (χ4v) is 3.52. The molecule has 8 heteroatoms. The summed E-state index contributed by atoms with van der Waals surface area (Å²) in [7, 11) is 0. The van der Waals surface area contributed by atoms with Gasteiger partial charge in [0.05, 0.1) is 17.3 Å². The van der Waals surface area contributed by atoms with Gasteiger partial charge in [-0.3, -0.25) is 10.3 Å². The van der Waals surface area contributed by atoms with Crippen LogP contribution in [0.3, 0.4) is 0 Å². The van der Waals surface area contributed by atoms with Crippen LogP contribution in [0.1, 0.15) is 25.0 Å². The minimum atomic E-state index is 0.562. The Kier molecular flexibility index (Phi) is 4.56. The van der Waals surface area contributed by atoms with Crippen LogP contribution < -0.4 is 10.2 Å². The predicted octanol–water partition coefficient (Wildman–Crippen LogP) is 1.88. The maximum absolute atomic E-state index is 5.96. The molecule has 0 radical (unpaired) electrons. The number of thiocarbonyl (C=S) groups is 1. The fourth-order valence-electron chi connectivity index (χ4n) is 3.15. The molecule has 128 valence electrons. The summed E-state index contributed by atoms with van der Waals surface area (Å²) >= 11 is 11.5. The Hall–Kier alpha value is -1.44. The van der Waals surface area contributed by atoms with E-state index in [1.165, 1.54) is 12.8 Å². The highest BCUT2D eigenvalue weighted by atomic mass is 35.5. The number of rotatable bonds is 2. The average Bonchev–Trinajstić information content (AvgIpc) is 3.44. The van der Waals surface area contributed by atoms with Gasteiger partial charge in [0.2, 0.25) is 0 Å². The van der Waals surface area contributed by atoms with Crippen molar-refractivity contribution in [2.45, 2.75) is 25.3 Å². The first kappa shape index (κ1) is 16.1. The normalized spacial score (nSPS) is 22.9. The van der Waals surface area contributed by atoms with Gasteiger partial charge in [0.25, 0.3) is 0 Å². The number of hydrazone groups is 1. The van der Waals surface area contributed by atoms with E-state index in [-0.39, 0.29) is 0 Å². The van der Waals surface area contributed by atoms with E-state index in [1.54, 1.807) is 12.3 Å². The van der Waals surface area contributed by atoms with E-state index < -0.39 is 0 Å². The van der Waals surface area contributed by atoms with Crippen LogP contribution >= 0.6 is 23.8 Å². The van der Waals surface area contributed by atoms with Gasteiger partial charge >= 0.3 is 0 Å². The van der Waals surface area contributed by atoms with Crippen molar-refractivity contribution in [3.8, 4) is 5.75 Å². The Morgan fingerprint density at radius 1 is 1.33 bits per heavy atom. The number of hydrogen-bond donors (Lipinski definition) is 1. The van der Waals surface area contributed by atoms with Crippen LogP contribution in [0.15, 0.2) is 17.4 Å². The Bertz CT molecular complexity index is 670. The number of ether oxygens (including phenoxy) is 1. The second-order valence-corrected chi connectivity index (χ2v) is 7.15.